The van der Waals surface area contributed by atoms with Crippen molar-refractivity contribution in [1.82, 2.24) is 21.3 Å². The molecule has 9 N–H and O–H groups in total. The van der Waals surface area contributed by atoms with Crippen molar-refractivity contribution in [2.75, 3.05) is 19.6 Å². The zero-order valence-electron chi connectivity index (χ0n) is 27.5. The van der Waals surface area contributed by atoms with Crippen LogP contribution < -0.4 is 37.9 Å². The van der Waals surface area contributed by atoms with E-state index in [2.05, 4.69) is 21.3 Å². The Balaban J connectivity index is 1.48. The van der Waals surface area contributed by atoms with Crippen LogP contribution in [-0.2, 0) is 49.3 Å². The number of fused-ring (bicyclic) bond motifs is 2. The van der Waals surface area contributed by atoms with Crippen LogP contribution >= 0.6 is 0 Å². The van der Waals surface area contributed by atoms with Gasteiger partial charge in [0.05, 0.1) is 24.3 Å². The van der Waals surface area contributed by atoms with E-state index in [4.69, 9.17) is 20.1 Å². The second kappa shape index (κ2) is 17.0. The lowest BCUT2D eigenvalue weighted by Crippen LogP contribution is -2.53. The monoisotopic (exact) mass is 759 g/mol. The van der Waals surface area contributed by atoms with E-state index < -0.39 is 116 Å². The number of amides is 4. The predicted octanol–water partition coefficient (Wildman–Crippen LogP) is -1.11. The normalized spacial score (nSPS) is 15.0. The number of unbranched alkanes of at least 4 members (excludes halogenated alkanes) is 1. The molecule has 2 aromatic carbocycles. The van der Waals surface area contributed by atoms with E-state index in [0.717, 1.165) is 12.1 Å². The van der Waals surface area contributed by atoms with Gasteiger partial charge < -0.3 is 51.5 Å². The van der Waals surface area contributed by atoms with Crippen LogP contribution in [0.5, 0.6) is 0 Å². The van der Waals surface area contributed by atoms with Crippen LogP contribution in [0.15, 0.2) is 24.3 Å². The number of carbonyl (C=O) groups excluding carboxylic acids is 4. The highest BCUT2D eigenvalue weighted by atomic mass is 19.4. The lowest BCUT2D eigenvalue weighted by Gasteiger charge is -2.21. The first kappa shape index (κ1) is 41.1. The molecule has 0 bridgehead atoms. The molecule has 4 rings (SSSR count). The van der Waals surface area contributed by atoms with E-state index in [1.165, 1.54) is 0 Å². The van der Waals surface area contributed by atoms with Gasteiger partial charge in [0.15, 0.2) is 0 Å². The smallest absolute Gasteiger partial charge is 0.480 e. The zero-order valence-corrected chi connectivity index (χ0v) is 27.5. The molecule has 2 aliphatic heterocycles. The van der Waals surface area contributed by atoms with Gasteiger partial charge in [-0.2, -0.15) is 26.3 Å². The Morgan fingerprint density at radius 3 is 1.81 bits per heavy atom. The fourth-order valence-corrected chi connectivity index (χ4v) is 5.52. The molecule has 2 aliphatic rings. The largest absolute Gasteiger partial charge is 0.491 e. The van der Waals surface area contributed by atoms with E-state index >= 15 is 0 Å². The van der Waals surface area contributed by atoms with E-state index in [0.29, 0.717) is 25.0 Å². The van der Waals surface area contributed by atoms with E-state index in [9.17, 15) is 60.4 Å². The standard InChI is InChI=1S/C30H33B2F6N5O10/c33-29(34,35)18-7-14(9-20-16(18)12-52-31(20)50)25(45)42-11-23(27(47)41-6-4-24(44)40-5-2-1-3-22(39)28(48)49)43-26(46)15-8-19(30(36,37)38)17-13-53-32(51)21(17)10-15/h7-10,22-23,50-51H,1-6,11-13,39H2,(H,40,44)(H,41,47)(H,42,45)(H,43,46)(H,48,49)/t22-,23-/m0/s1. The van der Waals surface area contributed by atoms with Crippen molar-refractivity contribution in [3.63, 3.8) is 0 Å². The van der Waals surface area contributed by atoms with Gasteiger partial charge in [0, 0.05) is 37.2 Å². The van der Waals surface area contributed by atoms with Crippen LogP contribution in [0.25, 0.3) is 0 Å². The van der Waals surface area contributed by atoms with Crippen molar-refractivity contribution in [1.29, 1.82) is 0 Å². The van der Waals surface area contributed by atoms with Gasteiger partial charge in [-0.3, -0.25) is 24.0 Å². The fraction of sp³-hybridized carbons (Fsp3) is 0.433. The molecule has 23 heteroatoms. The molecule has 2 atom stereocenters. The zero-order chi connectivity index (χ0) is 39.2. The first-order valence-electron chi connectivity index (χ1n) is 16.0. The summed E-state index contributed by atoms with van der Waals surface area (Å²) in [5.41, 5.74) is 0.141. The van der Waals surface area contributed by atoms with Gasteiger partial charge in [-0.05, 0) is 65.6 Å². The second-order valence-electron chi connectivity index (χ2n) is 12.1. The molecule has 4 amide bonds. The first-order chi connectivity index (χ1) is 24.8. The lowest BCUT2D eigenvalue weighted by molar-refractivity contribution is -0.139. The van der Waals surface area contributed by atoms with Gasteiger partial charge in [-0.25, -0.2) is 0 Å². The number of hydrogen-bond donors (Lipinski definition) is 8. The van der Waals surface area contributed by atoms with Gasteiger partial charge in [0.25, 0.3) is 11.8 Å². The van der Waals surface area contributed by atoms with Crippen molar-refractivity contribution in [2.24, 2.45) is 5.73 Å². The maximum absolute atomic E-state index is 13.8. The summed E-state index contributed by atoms with van der Waals surface area (Å²) < 4.78 is 92.5. The number of nitrogens with one attached hydrogen (secondary N) is 4. The van der Waals surface area contributed by atoms with Gasteiger partial charge in [0.1, 0.15) is 12.1 Å². The number of alkyl halides is 6. The van der Waals surface area contributed by atoms with E-state index in [-0.39, 0.29) is 42.4 Å². The van der Waals surface area contributed by atoms with Crippen LogP contribution in [-0.4, -0.2) is 90.7 Å². The number of benzene rings is 2. The van der Waals surface area contributed by atoms with Crippen molar-refractivity contribution >= 4 is 54.8 Å². The molecule has 0 fully saturated rings. The Morgan fingerprint density at radius 2 is 1.30 bits per heavy atom. The van der Waals surface area contributed by atoms with Gasteiger partial charge in [-0.15, -0.1) is 0 Å². The molecule has 0 saturated carbocycles. The Morgan fingerprint density at radius 1 is 0.774 bits per heavy atom. The number of hydrogen-bond acceptors (Lipinski definition) is 10. The maximum Gasteiger partial charge on any atom is 0.491 e. The SMILES string of the molecule is N[C@@H](CCCCNC(=O)CCNC(=O)[C@H](CNC(=O)c1cc2c(c(C(F)(F)F)c1)COB2O)NC(=O)c1cc2c(c(C(F)(F)F)c1)COB2O)C(=O)O. The third kappa shape index (κ3) is 10.5. The Kier molecular flexibility index (Phi) is 13.1. The molecule has 15 nitrogen and oxygen atoms in total. The molecular formula is C30H33B2F6N5O10. The number of rotatable bonds is 15. The average molecular weight is 759 g/mol. The molecule has 0 aliphatic carbocycles. The molecule has 0 spiro atoms. The summed E-state index contributed by atoms with van der Waals surface area (Å²) in [6, 6.07) is 0.00490. The predicted molar refractivity (Wildman–Crippen MR) is 171 cm³/mol. The van der Waals surface area contributed by atoms with E-state index in [1.54, 1.807) is 0 Å². The average Bonchev–Trinajstić information content (AvgIpc) is 3.65. The molecule has 0 saturated heterocycles. The third-order valence-corrected chi connectivity index (χ3v) is 8.33. The number of carboxylic acid groups (broad SMARTS) is 1. The van der Waals surface area contributed by atoms with Gasteiger partial charge in [0.2, 0.25) is 11.8 Å². The number of halogens is 6. The van der Waals surface area contributed by atoms with Crippen molar-refractivity contribution in [3.05, 3.63) is 57.6 Å². The summed E-state index contributed by atoms with van der Waals surface area (Å²) in [7, 11) is -3.55. The van der Waals surface area contributed by atoms with Crippen molar-refractivity contribution in [2.45, 2.75) is 63.3 Å². The summed E-state index contributed by atoms with van der Waals surface area (Å²) in [5.74, 6) is -5.22. The van der Waals surface area contributed by atoms with Crippen LogP contribution in [0.3, 0.4) is 0 Å². The molecule has 53 heavy (non-hydrogen) atoms. The quantitative estimate of drug-likeness (QED) is 0.0616. The lowest BCUT2D eigenvalue weighted by atomic mass is 9.77. The number of aliphatic carboxylic acids is 1. The highest BCUT2D eigenvalue weighted by Gasteiger charge is 2.42. The summed E-state index contributed by atoms with van der Waals surface area (Å²) in [5, 5.41) is 38.0. The topological polar surface area (TPSA) is 239 Å². The van der Waals surface area contributed by atoms with Crippen LogP contribution in [0.4, 0.5) is 26.3 Å². The molecule has 0 aromatic heterocycles. The third-order valence-electron chi connectivity index (χ3n) is 8.33. The first-order valence-corrected chi connectivity index (χ1v) is 16.0. The van der Waals surface area contributed by atoms with Gasteiger partial charge >= 0.3 is 32.6 Å². The summed E-state index contributed by atoms with van der Waals surface area (Å²) in [6.45, 7) is -2.18. The summed E-state index contributed by atoms with van der Waals surface area (Å²) >= 11 is 0. The molecule has 2 heterocycles. The summed E-state index contributed by atoms with van der Waals surface area (Å²) in [6.07, 6.45) is -9.26. The minimum Gasteiger partial charge on any atom is -0.480 e. The Hall–Kier alpha value is -4.70. The minimum atomic E-state index is -4.98. The van der Waals surface area contributed by atoms with Gasteiger partial charge in [-0.1, -0.05) is 0 Å². The Bertz CT molecular complexity index is 1750. The highest BCUT2D eigenvalue weighted by molar-refractivity contribution is 6.62. The highest BCUT2D eigenvalue weighted by Crippen LogP contribution is 2.35. The molecule has 286 valence electrons. The summed E-state index contributed by atoms with van der Waals surface area (Å²) in [4.78, 5) is 62.5. The molecular weight excluding hydrogens is 726 g/mol. The number of carbonyl (C=O) groups is 5. The van der Waals surface area contributed by atoms with E-state index in [1.807, 2.05) is 0 Å². The van der Waals surface area contributed by atoms with Crippen LogP contribution in [0, 0.1) is 0 Å². The van der Waals surface area contributed by atoms with Crippen LogP contribution in [0.2, 0.25) is 0 Å². The van der Waals surface area contributed by atoms with Crippen molar-refractivity contribution in [3.8, 4) is 0 Å². The van der Waals surface area contributed by atoms with Crippen LogP contribution in [0.1, 0.15) is 68.7 Å². The Labute approximate surface area is 297 Å². The molecule has 0 radical (unpaired) electrons. The number of carboxylic acids is 1. The second-order valence-corrected chi connectivity index (χ2v) is 12.1. The molecule has 2 aromatic rings. The fourth-order valence-electron chi connectivity index (χ4n) is 5.52. The number of nitrogens with two attached hydrogens (primary N) is 1. The maximum atomic E-state index is 13.8. The van der Waals surface area contributed by atoms with Crippen molar-refractivity contribution < 1.29 is 74.8 Å². The molecule has 0 unspecified atom stereocenters. The minimum absolute atomic E-state index is 0.159.